The number of hydrogen-bond donors (Lipinski definition) is 2. The fraction of sp³-hybridized carbons (Fsp3) is 0.467. The Morgan fingerprint density at radius 2 is 2.16 bits per heavy atom. The van der Waals surface area contributed by atoms with Gasteiger partial charge in [-0.25, -0.2) is 4.98 Å². The molecule has 0 bridgehead atoms. The Morgan fingerprint density at radius 3 is 2.95 bits per heavy atom. The van der Waals surface area contributed by atoms with E-state index in [1.165, 1.54) is 12.8 Å². The summed E-state index contributed by atoms with van der Waals surface area (Å²) in [7, 11) is 0. The topological polar surface area (TPSA) is 49.8 Å². The molecule has 1 unspecified atom stereocenters. The Labute approximate surface area is 113 Å². The lowest BCUT2D eigenvalue weighted by molar-refractivity contribution is 0.253. The van der Waals surface area contributed by atoms with E-state index in [0.29, 0.717) is 5.41 Å². The van der Waals surface area contributed by atoms with E-state index < -0.39 is 0 Å². The summed E-state index contributed by atoms with van der Waals surface area (Å²) in [6.45, 7) is 5.47. The van der Waals surface area contributed by atoms with Gasteiger partial charge in [-0.15, -0.1) is 0 Å². The quantitative estimate of drug-likeness (QED) is 0.885. The fourth-order valence-electron chi connectivity index (χ4n) is 2.62. The van der Waals surface area contributed by atoms with E-state index in [1.54, 1.807) is 0 Å². The highest BCUT2D eigenvalue weighted by Crippen LogP contribution is 2.25. The number of nitrogens with zero attached hydrogens (tertiary/aromatic N) is 2. The fourth-order valence-corrected chi connectivity index (χ4v) is 2.62. The summed E-state index contributed by atoms with van der Waals surface area (Å²) in [6.07, 6.45) is 4.33. The molecule has 2 heterocycles. The van der Waals surface area contributed by atoms with Crippen LogP contribution in [-0.4, -0.2) is 29.6 Å². The predicted octanol–water partition coefficient (Wildman–Crippen LogP) is 2.43. The molecule has 1 fully saturated rings. The monoisotopic (exact) mass is 256 g/mol. The van der Waals surface area contributed by atoms with Gasteiger partial charge in [-0.05, 0) is 36.9 Å². The summed E-state index contributed by atoms with van der Waals surface area (Å²) >= 11 is 0. The first-order valence-electron chi connectivity index (χ1n) is 6.92. The second-order valence-electron chi connectivity index (χ2n) is 5.69. The van der Waals surface area contributed by atoms with Crippen LogP contribution in [0.15, 0.2) is 30.5 Å². The molecule has 1 aliphatic heterocycles. The van der Waals surface area contributed by atoms with Crippen LogP contribution >= 0.6 is 0 Å². The van der Waals surface area contributed by atoms with Crippen LogP contribution in [-0.2, 0) is 0 Å². The third-order valence-corrected chi connectivity index (χ3v) is 3.83. The van der Waals surface area contributed by atoms with Gasteiger partial charge in [0.05, 0.1) is 17.2 Å². The maximum Gasteiger partial charge on any atom is 0.145 e. The number of rotatable bonds is 3. The van der Waals surface area contributed by atoms with Gasteiger partial charge in [0.25, 0.3) is 0 Å². The zero-order valence-electron chi connectivity index (χ0n) is 11.3. The van der Waals surface area contributed by atoms with E-state index in [0.717, 1.165) is 36.5 Å². The van der Waals surface area contributed by atoms with Crippen molar-refractivity contribution in [2.45, 2.75) is 19.8 Å². The molecule has 2 aromatic rings. The van der Waals surface area contributed by atoms with Crippen molar-refractivity contribution in [2.75, 3.05) is 25.0 Å². The van der Waals surface area contributed by atoms with Crippen molar-refractivity contribution < 1.29 is 0 Å². The highest BCUT2D eigenvalue weighted by molar-refractivity contribution is 5.75. The molecule has 0 spiro atoms. The van der Waals surface area contributed by atoms with E-state index >= 15 is 0 Å². The lowest BCUT2D eigenvalue weighted by Gasteiger charge is -2.34. The number of piperidine rings is 1. The largest absolute Gasteiger partial charge is 0.368 e. The van der Waals surface area contributed by atoms with E-state index in [4.69, 9.17) is 0 Å². The van der Waals surface area contributed by atoms with Gasteiger partial charge in [0, 0.05) is 13.1 Å². The molecule has 1 aliphatic rings. The Bertz CT molecular complexity index is 561. The number of para-hydroxylation sites is 2. The highest BCUT2D eigenvalue weighted by atomic mass is 15.0. The number of fused-ring (bicyclic) bond motifs is 1. The first-order chi connectivity index (χ1) is 9.25. The molecule has 1 atom stereocenters. The van der Waals surface area contributed by atoms with Gasteiger partial charge in [0.2, 0.25) is 0 Å². The van der Waals surface area contributed by atoms with Gasteiger partial charge in [0.1, 0.15) is 5.82 Å². The van der Waals surface area contributed by atoms with E-state index in [-0.39, 0.29) is 0 Å². The molecule has 100 valence electrons. The number of nitrogens with one attached hydrogen (secondary N) is 2. The molecule has 0 saturated carbocycles. The SMILES string of the molecule is CC1(CNc2cnc3ccccc3n2)CCCNC1. The average molecular weight is 256 g/mol. The molecule has 2 N–H and O–H groups in total. The molecule has 3 rings (SSSR count). The Hall–Kier alpha value is -1.68. The van der Waals surface area contributed by atoms with Crippen molar-refractivity contribution in [3.8, 4) is 0 Å². The normalized spacial score (nSPS) is 23.4. The van der Waals surface area contributed by atoms with E-state index in [2.05, 4.69) is 27.5 Å². The summed E-state index contributed by atoms with van der Waals surface area (Å²) in [4.78, 5) is 9.02. The lowest BCUT2D eigenvalue weighted by atomic mass is 9.83. The van der Waals surface area contributed by atoms with Crippen LogP contribution in [0.5, 0.6) is 0 Å². The van der Waals surface area contributed by atoms with Crippen LogP contribution in [0.3, 0.4) is 0 Å². The first kappa shape index (κ1) is 12.4. The van der Waals surface area contributed by atoms with Gasteiger partial charge < -0.3 is 10.6 Å². The standard InChI is InChI=1S/C15H20N4/c1-15(7-4-8-16-10-15)11-18-14-9-17-12-5-2-3-6-13(12)19-14/h2-3,5-6,9,16H,4,7-8,10-11H2,1H3,(H,18,19). The molecule has 1 aromatic heterocycles. The van der Waals surface area contributed by atoms with Crippen molar-refractivity contribution in [1.29, 1.82) is 0 Å². The van der Waals surface area contributed by atoms with Crippen molar-refractivity contribution in [3.05, 3.63) is 30.5 Å². The van der Waals surface area contributed by atoms with Crippen LogP contribution < -0.4 is 10.6 Å². The highest BCUT2D eigenvalue weighted by Gasteiger charge is 2.26. The van der Waals surface area contributed by atoms with Gasteiger partial charge in [-0.1, -0.05) is 19.1 Å². The average Bonchev–Trinajstić information content (AvgIpc) is 2.46. The summed E-state index contributed by atoms with van der Waals surface area (Å²) in [5, 5.41) is 6.90. The number of anilines is 1. The van der Waals surface area contributed by atoms with Crippen molar-refractivity contribution >= 4 is 16.9 Å². The van der Waals surface area contributed by atoms with Crippen LogP contribution in [0.2, 0.25) is 0 Å². The minimum absolute atomic E-state index is 0.311. The third-order valence-electron chi connectivity index (χ3n) is 3.83. The van der Waals surface area contributed by atoms with E-state index in [1.807, 2.05) is 30.5 Å². The van der Waals surface area contributed by atoms with E-state index in [9.17, 15) is 0 Å². The minimum Gasteiger partial charge on any atom is -0.368 e. The molecule has 19 heavy (non-hydrogen) atoms. The maximum atomic E-state index is 4.60. The molecule has 4 nitrogen and oxygen atoms in total. The molecule has 0 amide bonds. The number of hydrogen-bond acceptors (Lipinski definition) is 4. The van der Waals surface area contributed by atoms with Gasteiger partial charge in [0.15, 0.2) is 0 Å². The van der Waals surface area contributed by atoms with Crippen LogP contribution in [0, 0.1) is 5.41 Å². The molecule has 0 aliphatic carbocycles. The molecular formula is C15H20N4. The zero-order chi connectivity index (χ0) is 13.1. The number of benzene rings is 1. The lowest BCUT2D eigenvalue weighted by Crippen LogP contribution is -2.42. The zero-order valence-corrected chi connectivity index (χ0v) is 11.3. The summed E-state index contributed by atoms with van der Waals surface area (Å²) < 4.78 is 0. The smallest absolute Gasteiger partial charge is 0.145 e. The summed E-state index contributed by atoms with van der Waals surface area (Å²) in [5.41, 5.74) is 2.20. The summed E-state index contributed by atoms with van der Waals surface area (Å²) in [5.74, 6) is 0.866. The molecule has 1 aromatic carbocycles. The Kier molecular flexibility index (Phi) is 3.34. The van der Waals surface area contributed by atoms with Crippen molar-refractivity contribution in [1.82, 2.24) is 15.3 Å². The Morgan fingerprint density at radius 1 is 1.32 bits per heavy atom. The van der Waals surface area contributed by atoms with Gasteiger partial charge >= 0.3 is 0 Å². The molecule has 0 radical (unpaired) electrons. The predicted molar refractivity (Wildman–Crippen MR) is 78.2 cm³/mol. The van der Waals surface area contributed by atoms with Gasteiger partial charge in [-0.3, -0.25) is 4.98 Å². The third kappa shape index (κ3) is 2.84. The first-order valence-corrected chi connectivity index (χ1v) is 6.92. The molecular weight excluding hydrogens is 236 g/mol. The van der Waals surface area contributed by atoms with Crippen LogP contribution in [0.25, 0.3) is 11.0 Å². The second-order valence-corrected chi connectivity index (χ2v) is 5.69. The summed E-state index contributed by atoms with van der Waals surface area (Å²) in [6, 6.07) is 7.96. The second kappa shape index (κ2) is 5.13. The van der Waals surface area contributed by atoms with Crippen molar-refractivity contribution in [3.63, 3.8) is 0 Å². The van der Waals surface area contributed by atoms with Crippen molar-refractivity contribution in [2.24, 2.45) is 5.41 Å². The minimum atomic E-state index is 0.311. The molecule has 1 saturated heterocycles. The molecule has 4 heteroatoms. The Balaban J connectivity index is 1.71. The van der Waals surface area contributed by atoms with Crippen LogP contribution in [0.1, 0.15) is 19.8 Å². The van der Waals surface area contributed by atoms with Gasteiger partial charge in [-0.2, -0.15) is 0 Å². The van der Waals surface area contributed by atoms with Crippen LogP contribution in [0.4, 0.5) is 5.82 Å². The maximum absolute atomic E-state index is 4.60. The number of aromatic nitrogens is 2.